The van der Waals surface area contributed by atoms with Crippen molar-refractivity contribution in [2.24, 2.45) is 0 Å². The Balaban J connectivity index is 3.20. The lowest BCUT2D eigenvalue weighted by molar-refractivity contribution is 0.107. The van der Waals surface area contributed by atoms with E-state index < -0.39 is 17.4 Å². The highest BCUT2D eigenvalue weighted by atomic mass is 79.9. The second kappa shape index (κ2) is 4.79. The summed E-state index contributed by atoms with van der Waals surface area (Å²) in [5, 5.41) is -0.579. The molecule has 0 amide bonds. The van der Waals surface area contributed by atoms with Crippen LogP contribution < -0.4 is 0 Å². The normalized spacial score (nSPS) is 10.6. The van der Waals surface area contributed by atoms with E-state index >= 15 is 0 Å². The highest BCUT2D eigenvalue weighted by Crippen LogP contribution is 2.23. The quantitative estimate of drug-likeness (QED) is 0.630. The molecule has 0 radical (unpaired) electrons. The van der Waals surface area contributed by atoms with Gasteiger partial charge < -0.3 is 0 Å². The Kier molecular flexibility index (Phi) is 3.95. The molecule has 1 rings (SSSR count). The van der Waals surface area contributed by atoms with Crippen molar-refractivity contribution in [1.29, 1.82) is 0 Å². The van der Waals surface area contributed by atoms with Crippen molar-refractivity contribution in [2.75, 3.05) is 0 Å². The number of halogens is 4. The average Bonchev–Trinajstić information content (AvgIpc) is 2.16. The number of alkyl halides is 3. The zero-order chi connectivity index (χ0) is 10.7. The van der Waals surface area contributed by atoms with Gasteiger partial charge in [0.15, 0.2) is 0 Å². The zero-order valence-electron chi connectivity index (χ0n) is 6.81. The van der Waals surface area contributed by atoms with E-state index in [9.17, 15) is 13.6 Å². The summed E-state index contributed by atoms with van der Waals surface area (Å²) in [6.45, 7) is 0. The summed E-state index contributed by atoms with van der Waals surface area (Å²) in [6.07, 6.45) is -2.71. The summed E-state index contributed by atoms with van der Waals surface area (Å²) in [7, 11) is 0. The minimum atomic E-state index is -2.71. The van der Waals surface area contributed by atoms with Crippen LogP contribution in [0.15, 0.2) is 12.1 Å². The average molecular weight is 284 g/mol. The molecule has 0 unspecified atom stereocenters. The summed E-state index contributed by atoms with van der Waals surface area (Å²) in [5.74, 6) is 0. The number of hydrogen-bond acceptors (Lipinski definition) is 2. The summed E-state index contributed by atoms with van der Waals surface area (Å²) in [5.41, 5.74) is -0.221. The highest BCUT2D eigenvalue weighted by Gasteiger charge is 2.16. The van der Waals surface area contributed by atoms with Crippen LogP contribution >= 0.6 is 27.5 Å². The van der Waals surface area contributed by atoms with Crippen molar-refractivity contribution in [3.8, 4) is 0 Å². The maximum atomic E-state index is 12.4. The van der Waals surface area contributed by atoms with Gasteiger partial charge in [-0.1, -0.05) is 22.0 Å². The Morgan fingerprint density at radius 3 is 2.64 bits per heavy atom. The van der Waals surface area contributed by atoms with E-state index in [1.54, 1.807) is 0 Å². The molecule has 1 heterocycles. The van der Waals surface area contributed by atoms with Crippen molar-refractivity contribution >= 4 is 32.8 Å². The van der Waals surface area contributed by atoms with Gasteiger partial charge in [-0.25, -0.2) is 13.8 Å². The fourth-order valence-electron chi connectivity index (χ4n) is 0.915. The van der Waals surface area contributed by atoms with E-state index in [1.807, 2.05) is 0 Å². The first kappa shape index (κ1) is 11.5. The summed E-state index contributed by atoms with van der Waals surface area (Å²) >= 11 is 8.16. The topological polar surface area (TPSA) is 30.0 Å². The molecule has 0 saturated carbocycles. The Morgan fingerprint density at radius 1 is 1.57 bits per heavy atom. The first-order valence-corrected chi connectivity index (χ1v) is 5.10. The molecule has 0 aliphatic rings. The van der Waals surface area contributed by atoms with Crippen LogP contribution in [-0.2, 0) is 5.33 Å². The van der Waals surface area contributed by atoms with Crippen molar-refractivity contribution in [3.63, 3.8) is 0 Å². The van der Waals surface area contributed by atoms with Crippen LogP contribution in [0, 0.1) is 0 Å². The van der Waals surface area contributed by atoms with Gasteiger partial charge in [0.25, 0.3) is 11.7 Å². The largest absolute Gasteiger partial charge is 0.280 e. The van der Waals surface area contributed by atoms with Gasteiger partial charge >= 0.3 is 0 Å². The molecule has 1 aromatic rings. The van der Waals surface area contributed by atoms with Gasteiger partial charge in [0.1, 0.15) is 11.4 Å². The molecule has 0 aliphatic heterocycles. The molecular formula is C8H5BrClF2NO. The van der Waals surface area contributed by atoms with Gasteiger partial charge in [-0.05, 0) is 23.2 Å². The lowest BCUT2D eigenvalue weighted by Gasteiger charge is -2.05. The number of aromatic nitrogens is 1. The Hall–Kier alpha value is -0.550. The minimum Gasteiger partial charge on any atom is -0.274 e. The number of pyridine rings is 1. The first-order chi connectivity index (χ1) is 6.56. The van der Waals surface area contributed by atoms with Crippen LogP contribution in [-0.4, -0.2) is 10.2 Å². The molecule has 1 aromatic heterocycles. The predicted molar refractivity (Wildman–Crippen MR) is 52.0 cm³/mol. The fraction of sp³-hybridized carbons (Fsp3) is 0.250. The van der Waals surface area contributed by atoms with E-state index in [-0.39, 0.29) is 11.0 Å². The van der Waals surface area contributed by atoms with Crippen molar-refractivity contribution in [2.45, 2.75) is 11.8 Å². The number of hydrogen-bond donors (Lipinski definition) is 0. The van der Waals surface area contributed by atoms with Crippen LogP contribution in [0.1, 0.15) is 28.2 Å². The maximum Gasteiger partial charge on any atom is 0.280 e. The third kappa shape index (κ3) is 2.48. The molecule has 0 N–H and O–H groups in total. The molecule has 0 spiro atoms. The van der Waals surface area contributed by atoms with Crippen molar-refractivity contribution < 1.29 is 13.6 Å². The van der Waals surface area contributed by atoms with Gasteiger partial charge in [0.2, 0.25) is 0 Å². The standard InChI is InChI=1S/C8H5BrClF2NO/c9-3-4-1-2-5(7(10)14)13-6(4)8(11)12/h1-2,8H,3H2. The molecule has 0 aromatic carbocycles. The van der Waals surface area contributed by atoms with Crippen LogP contribution in [0.5, 0.6) is 0 Å². The SMILES string of the molecule is O=C(Cl)c1ccc(CBr)c(C(F)F)n1. The molecule has 0 atom stereocenters. The predicted octanol–water partition coefficient (Wildman–Crippen LogP) is 3.29. The Morgan fingerprint density at radius 2 is 2.21 bits per heavy atom. The molecule has 6 heteroatoms. The van der Waals surface area contributed by atoms with Crippen LogP contribution in [0.25, 0.3) is 0 Å². The molecule has 0 fully saturated rings. The van der Waals surface area contributed by atoms with Crippen molar-refractivity contribution in [1.82, 2.24) is 4.98 Å². The first-order valence-electron chi connectivity index (χ1n) is 3.60. The zero-order valence-corrected chi connectivity index (χ0v) is 9.15. The molecule has 76 valence electrons. The molecular weight excluding hydrogens is 279 g/mol. The second-order valence-electron chi connectivity index (χ2n) is 2.45. The number of nitrogens with zero attached hydrogens (tertiary/aromatic N) is 1. The van der Waals surface area contributed by atoms with Gasteiger partial charge in [-0.3, -0.25) is 4.79 Å². The van der Waals surface area contributed by atoms with E-state index in [2.05, 4.69) is 20.9 Å². The summed E-state index contributed by atoms with van der Waals surface area (Å²) in [4.78, 5) is 14.1. The summed E-state index contributed by atoms with van der Waals surface area (Å²) < 4.78 is 24.8. The molecule has 0 bridgehead atoms. The van der Waals surface area contributed by atoms with Crippen LogP contribution in [0.2, 0.25) is 0 Å². The lowest BCUT2D eigenvalue weighted by Crippen LogP contribution is -2.02. The third-order valence-electron chi connectivity index (χ3n) is 1.56. The van der Waals surface area contributed by atoms with Gasteiger partial charge in [-0.2, -0.15) is 0 Å². The molecule has 0 saturated heterocycles. The van der Waals surface area contributed by atoms with Gasteiger partial charge in [0.05, 0.1) is 0 Å². The summed E-state index contributed by atoms with van der Waals surface area (Å²) in [6, 6.07) is 2.72. The van der Waals surface area contributed by atoms with E-state index in [4.69, 9.17) is 11.6 Å². The molecule has 0 aliphatic carbocycles. The monoisotopic (exact) mass is 283 g/mol. The van der Waals surface area contributed by atoms with E-state index in [0.717, 1.165) is 0 Å². The van der Waals surface area contributed by atoms with E-state index in [0.29, 0.717) is 5.56 Å². The molecule has 14 heavy (non-hydrogen) atoms. The fourth-order valence-corrected chi connectivity index (χ4v) is 1.49. The van der Waals surface area contributed by atoms with Gasteiger partial charge in [0, 0.05) is 5.33 Å². The molecule has 2 nitrogen and oxygen atoms in total. The number of carbonyl (C=O) groups excluding carboxylic acids is 1. The van der Waals surface area contributed by atoms with Crippen LogP contribution in [0.3, 0.4) is 0 Å². The highest BCUT2D eigenvalue weighted by molar-refractivity contribution is 9.08. The smallest absolute Gasteiger partial charge is 0.274 e. The Bertz CT molecular complexity index is 359. The second-order valence-corrected chi connectivity index (χ2v) is 3.35. The van der Waals surface area contributed by atoms with Gasteiger partial charge in [-0.15, -0.1) is 0 Å². The third-order valence-corrected chi connectivity index (χ3v) is 2.36. The minimum absolute atomic E-state index is 0.160. The lowest BCUT2D eigenvalue weighted by atomic mass is 10.2. The maximum absolute atomic E-state index is 12.4. The number of carbonyl (C=O) groups is 1. The van der Waals surface area contributed by atoms with E-state index in [1.165, 1.54) is 12.1 Å². The van der Waals surface area contributed by atoms with Crippen molar-refractivity contribution in [3.05, 3.63) is 29.1 Å². The van der Waals surface area contributed by atoms with Crippen LogP contribution in [0.4, 0.5) is 8.78 Å². The Labute approximate surface area is 92.4 Å². The number of rotatable bonds is 3.